The van der Waals surface area contributed by atoms with Crippen molar-refractivity contribution in [3.63, 3.8) is 0 Å². The zero-order chi connectivity index (χ0) is 19.4. The van der Waals surface area contributed by atoms with Gasteiger partial charge in [0.15, 0.2) is 0 Å². The summed E-state index contributed by atoms with van der Waals surface area (Å²) in [4.78, 5) is 27.3. The molecule has 0 spiro atoms. The summed E-state index contributed by atoms with van der Waals surface area (Å²) >= 11 is 0. The highest BCUT2D eigenvalue weighted by Crippen LogP contribution is 2.16. The number of rotatable bonds is 12. The van der Waals surface area contributed by atoms with Gasteiger partial charge in [0.2, 0.25) is 0 Å². The first-order valence-electron chi connectivity index (χ1n) is 9.80. The van der Waals surface area contributed by atoms with Gasteiger partial charge in [-0.15, -0.1) is 0 Å². The van der Waals surface area contributed by atoms with Crippen molar-refractivity contribution in [2.45, 2.75) is 58.0 Å². The van der Waals surface area contributed by atoms with E-state index in [1.807, 2.05) is 0 Å². The lowest BCUT2D eigenvalue weighted by Crippen LogP contribution is -2.57. The van der Waals surface area contributed by atoms with Gasteiger partial charge in [-0.3, -0.25) is 19.4 Å². The lowest BCUT2D eigenvalue weighted by atomic mass is 10.1. The summed E-state index contributed by atoms with van der Waals surface area (Å²) < 4.78 is 9.31. The Morgan fingerprint density at radius 2 is 1.42 bits per heavy atom. The molecule has 0 bridgehead atoms. The summed E-state index contributed by atoms with van der Waals surface area (Å²) in [5.74, 6) is -0.277. The van der Waals surface area contributed by atoms with Crippen LogP contribution < -0.4 is 5.32 Å². The van der Waals surface area contributed by atoms with Crippen LogP contribution in [0.5, 0.6) is 0 Å². The molecule has 1 saturated heterocycles. The van der Waals surface area contributed by atoms with Crippen LogP contribution in [-0.2, 0) is 19.1 Å². The summed E-state index contributed by atoms with van der Waals surface area (Å²) in [5, 5.41) is 3.31. The number of carbonyl (C=O) groups excluding carboxylic acids is 2. The molecule has 1 aliphatic heterocycles. The van der Waals surface area contributed by atoms with E-state index in [2.05, 4.69) is 38.4 Å². The van der Waals surface area contributed by atoms with Crippen molar-refractivity contribution in [3.05, 3.63) is 0 Å². The maximum absolute atomic E-state index is 11.1. The molecule has 1 heterocycles. The highest BCUT2D eigenvalue weighted by atomic mass is 16.5. The van der Waals surface area contributed by atoms with Gasteiger partial charge in [-0.2, -0.15) is 0 Å². The standard InChI is InChI=1S/C19H37N3O4/c1-16-15-22(13-11-20-10-9-19(24)26-4)17(2)14-21(16)12-7-5-6-8-18(23)25-3/h16-17,20H,5-15H2,1-4H3/t16-,17+/m0/s1. The molecule has 1 N–H and O–H groups in total. The van der Waals surface area contributed by atoms with E-state index >= 15 is 0 Å². The van der Waals surface area contributed by atoms with Crippen LogP contribution in [0.1, 0.15) is 46.0 Å². The summed E-state index contributed by atoms with van der Waals surface area (Å²) in [7, 11) is 2.86. The Labute approximate surface area is 158 Å². The minimum atomic E-state index is -0.167. The molecule has 7 nitrogen and oxygen atoms in total. The number of nitrogens with one attached hydrogen (secondary N) is 1. The zero-order valence-corrected chi connectivity index (χ0v) is 17.0. The first-order chi connectivity index (χ1) is 12.5. The van der Waals surface area contributed by atoms with Gasteiger partial charge in [0.05, 0.1) is 20.6 Å². The molecule has 0 aromatic carbocycles. The predicted octanol–water partition coefficient (Wildman–Crippen LogP) is 1.27. The van der Waals surface area contributed by atoms with E-state index in [1.54, 1.807) is 0 Å². The van der Waals surface area contributed by atoms with E-state index in [0.29, 0.717) is 31.5 Å². The van der Waals surface area contributed by atoms with E-state index < -0.39 is 0 Å². The van der Waals surface area contributed by atoms with Crippen LogP contribution in [0.2, 0.25) is 0 Å². The van der Waals surface area contributed by atoms with E-state index in [0.717, 1.165) is 52.0 Å². The fourth-order valence-electron chi connectivity index (χ4n) is 3.40. The van der Waals surface area contributed by atoms with Gasteiger partial charge in [0.1, 0.15) is 0 Å². The largest absolute Gasteiger partial charge is 0.469 e. The van der Waals surface area contributed by atoms with Crippen LogP contribution in [0, 0.1) is 0 Å². The topological polar surface area (TPSA) is 71.1 Å². The molecule has 0 unspecified atom stereocenters. The molecule has 0 aromatic heterocycles. The maximum atomic E-state index is 11.1. The van der Waals surface area contributed by atoms with E-state index in [-0.39, 0.29) is 11.9 Å². The first kappa shape index (κ1) is 22.9. The Balaban J connectivity index is 2.16. The molecule has 1 fully saturated rings. The van der Waals surface area contributed by atoms with Crippen LogP contribution >= 0.6 is 0 Å². The maximum Gasteiger partial charge on any atom is 0.306 e. The van der Waals surface area contributed by atoms with E-state index in [4.69, 9.17) is 0 Å². The number of esters is 2. The number of ether oxygens (including phenoxy) is 2. The third kappa shape index (κ3) is 8.96. The molecule has 152 valence electrons. The lowest BCUT2D eigenvalue weighted by molar-refractivity contribution is -0.141. The van der Waals surface area contributed by atoms with Gasteiger partial charge in [0.25, 0.3) is 0 Å². The monoisotopic (exact) mass is 371 g/mol. The normalized spacial score (nSPS) is 21.5. The third-order valence-corrected chi connectivity index (χ3v) is 5.11. The molecule has 1 aliphatic rings. The average Bonchev–Trinajstić information content (AvgIpc) is 2.63. The van der Waals surface area contributed by atoms with Crippen molar-refractivity contribution in [2.24, 2.45) is 0 Å². The molecule has 0 radical (unpaired) electrons. The molecule has 1 rings (SSSR count). The second-order valence-corrected chi connectivity index (χ2v) is 7.15. The summed E-state index contributed by atoms with van der Waals surface area (Å²) in [6.07, 6.45) is 4.06. The molecule has 26 heavy (non-hydrogen) atoms. The number of unbranched alkanes of at least 4 members (excludes halogenated alkanes) is 2. The third-order valence-electron chi connectivity index (χ3n) is 5.11. The van der Waals surface area contributed by atoms with Gasteiger partial charge >= 0.3 is 11.9 Å². The molecule has 0 saturated carbocycles. The Morgan fingerprint density at radius 3 is 2.04 bits per heavy atom. The number of hydrogen-bond acceptors (Lipinski definition) is 7. The number of nitrogens with zero attached hydrogens (tertiary/aromatic N) is 2. The highest BCUT2D eigenvalue weighted by Gasteiger charge is 2.27. The fourth-order valence-corrected chi connectivity index (χ4v) is 3.40. The van der Waals surface area contributed by atoms with Crippen LogP contribution in [-0.4, -0.2) is 87.3 Å². The smallest absolute Gasteiger partial charge is 0.306 e. The average molecular weight is 372 g/mol. The molecular weight excluding hydrogens is 334 g/mol. The minimum Gasteiger partial charge on any atom is -0.469 e. The molecular formula is C19H37N3O4. The first-order valence-corrected chi connectivity index (χ1v) is 9.80. The Kier molecular flexibility index (Phi) is 11.5. The molecule has 7 heteroatoms. The SMILES string of the molecule is COC(=O)CCCCCN1C[C@@H](C)N(CCNCCC(=O)OC)C[C@@H]1C. The van der Waals surface area contributed by atoms with Crippen molar-refractivity contribution < 1.29 is 19.1 Å². The van der Waals surface area contributed by atoms with Gasteiger partial charge in [-0.05, 0) is 33.2 Å². The molecule has 2 atom stereocenters. The van der Waals surface area contributed by atoms with Gasteiger partial charge in [-0.1, -0.05) is 6.42 Å². The van der Waals surface area contributed by atoms with Crippen LogP contribution in [0.3, 0.4) is 0 Å². The quantitative estimate of drug-likeness (QED) is 0.409. The number of hydrogen-bond donors (Lipinski definition) is 1. The predicted molar refractivity (Wildman–Crippen MR) is 102 cm³/mol. The van der Waals surface area contributed by atoms with Gasteiger partial charge in [0, 0.05) is 51.2 Å². The number of piperazine rings is 1. The van der Waals surface area contributed by atoms with E-state index in [9.17, 15) is 9.59 Å². The summed E-state index contributed by atoms with van der Waals surface area (Å²) in [6.45, 7) is 10.4. The zero-order valence-electron chi connectivity index (χ0n) is 17.0. The number of methoxy groups -OCH3 is 2. The van der Waals surface area contributed by atoms with Crippen LogP contribution in [0.25, 0.3) is 0 Å². The molecule has 0 aliphatic carbocycles. The van der Waals surface area contributed by atoms with Gasteiger partial charge in [-0.25, -0.2) is 0 Å². The van der Waals surface area contributed by atoms with Crippen molar-refractivity contribution in [1.29, 1.82) is 0 Å². The Bertz CT molecular complexity index is 382. The molecule has 0 amide bonds. The highest BCUT2D eigenvalue weighted by molar-refractivity contribution is 5.69. The van der Waals surface area contributed by atoms with E-state index in [1.165, 1.54) is 14.2 Å². The number of carbonyl (C=O) groups is 2. The second-order valence-electron chi connectivity index (χ2n) is 7.15. The lowest BCUT2D eigenvalue weighted by Gasteiger charge is -2.44. The van der Waals surface area contributed by atoms with Crippen molar-refractivity contribution >= 4 is 11.9 Å². The van der Waals surface area contributed by atoms with Crippen molar-refractivity contribution in [1.82, 2.24) is 15.1 Å². The minimum absolute atomic E-state index is 0.110. The van der Waals surface area contributed by atoms with Crippen LogP contribution in [0.4, 0.5) is 0 Å². The van der Waals surface area contributed by atoms with Crippen molar-refractivity contribution in [2.75, 3.05) is 53.5 Å². The summed E-state index contributed by atoms with van der Waals surface area (Å²) in [6, 6.07) is 1.07. The molecule has 0 aromatic rings. The Hall–Kier alpha value is -1.18. The fraction of sp³-hybridized carbons (Fsp3) is 0.895. The van der Waals surface area contributed by atoms with Crippen molar-refractivity contribution in [3.8, 4) is 0 Å². The Morgan fingerprint density at radius 1 is 0.846 bits per heavy atom. The van der Waals surface area contributed by atoms with Gasteiger partial charge < -0.3 is 14.8 Å². The summed E-state index contributed by atoms with van der Waals surface area (Å²) in [5.41, 5.74) is 0. The second kappa shape index (κ2) is 13.1. The van der Waals surface area contributed by atoms with Crippen LogP contribution in [0.15, 0.2) is 0 Å².